The van der Waals surface area contributed by atoms with Gasteiger partial charge in [-0.3, -0.25) is 0 Å². The third-order valence-electron chi connectivity index (χ3n) is 6.76. The lowest BCUT2D eigenvalue weighted by molar-refractivity contribution is 0.377. The van der Waals surface area contributed by atoms with Crippen molar-refractivity contribution < 1.29 is 43.9 Å². The molecule has 3 aromatic carbocycles. The lowest BCUT2D eigenvalue weighted by Gasteiger charge is -2.03. The Labute approximate surface area is 255 Å². The number of rotatable bonds is 4. The molecule has 0 spiro atoms. The summed E-state index contributed by atoms with van der Waals surface area (Å²) >= 11 is 5.43. The van der Waals surface area contributed by atoms with Gasteiger partial charge in [0.1, 0.15) is 0 Å². The Morgan fingerprint density at radius 1 is 0.341 bits per heavy atom. The molecule has 0 saturated carbocycles. The number of fused-ring (bicyclic) bond motifs is 6. The standard InChI is InChI=1S/C30H8F10S4/c31-19-11(20(32)24(36)27(39)23(19)35)3-1-9-5-17-29(41-9)13-7-16-14(8-15(13)43-17)30-18(44-16)6-10(42-30)2-4-12-21(33)25(37)28(40)26(38)22(12)34/h1-8H. The van der Waals surface area contributed by atoms with Gasteiger partial charge in [-0.2, -0.15) is 0 Å². The minimum Gasteiger partial charge on any atom is -0.203 e. The van der Waals surface area contributed by atoms with Crippen molar-refractivity contribution in [1.29, 1.82) is 0 Å². The van der Waals surface area contributed by atoms with E-state index in [0.29, 0.717) is 9.75 Å². The van der Waals surface area contributed by atoms with Crippen LogP contribution >= 0.6 is 45.3 Å². The summed E-state index contributed by atoms with van der Waals surface area (Å²) in [6, 6.07) is 7.42. The first-order chi connectivity index (χ1) is 20.9. The molecule has 7 aromatic rings. The fourth-order valence-electron chi connectivity index (χ4n) is 4.66. The number of hydrogen-bond acceptors (Lipinski definition) is 4. The highest BCUT2D eigenvalue weighted by Crippen LogP contribution is 2.46. The number of thiophene rings is 4. The third kappa shape index (κ3) is 4.37. The zero-order chi connectivity index (χ0) is 31.2. The van der Waals surface area contributed by atoms with Crippen LogP contribution in [0, 0.1) is 58.2 Å². The van der Waals surface area contributed by atoms with E-state index >= 15 is 0 Å². The minimum absolute atomic E-state index is 0.537. The van der Waals surface area contributed by atoms with E-state index in [0.717, 1.165) is 51.1 Å². The lowest BCUT2D eigenvalue weighted by Crippen LogP contribution is -2.03. The minimum atomic E-state index is -2.23. The molecule has 222 valence electrons. The van der Waals surface area contributed by atoms with Gasteiger partial charge in [-0.25, -0.2) is 43.9 Å². The van der Waals surface area contributed by atoms with E-state index in [4.69, 9.17) is 0 Å². The largest absolute Gasteiger partial charge is 0.203 e. The van der Waals surface area contributed by atoms with Crippen LogP contribution in [0.3, 0.4) is 0 Å². The van der Waals surface area contributed by atoms with Crippen molar-refractivity contribution in [2.45, 2.75) is 0 Å². The first kappa shape index (κ1) is 29.0. The fourth-order valence-corrected chi connectivity index (χ4v) is 9.56. The van der Waals surface area contributed by atoms with Gasteiger partial charge in [0.15, 0.2) is 46.5 Å². The van der Waals surface area contributed by atoms with Gasteiger partial charge in [0.25, 0.3) is 0 Å². The molecule has 0 radical (unpaired) electrons. The smallest absolute Gasteiger partial charge is 0.200 e. The summed E-state index contributed by atoms with van der Waals surface area (Å²) in [5, 5.41) is 1.80. The van der Waals surface area contributed by atoms with Crippen LogP contribution in [-0.4, -0.2) is 0 Å². The van der Waals surface area contributed by atoms with Crippen molar-refractivity contribution in [3.8, 4) is 0 Å². The lowest BCUT2D eigenvalue weighted by atomic mass is 10.1. The Morgan fingerprint density at radius 2 is 0.659 bits per heavy atom. The van der Waals surface area contributed by atoms with Crippen molar-refractivity contribution in [1.82, 2.24) is 0 Å². The zero-order valence-corrected chi connectivity index (χ0v) is 24.3. The van der Waals surface area contributed by atoms with Crippen LogP contribution in [0.2, 0.25) is 0 Å². The SMILES string of the molecule is Fc1c(F)c(F)c(C=Cc2cc3sc4cc5c(cc4c3s2)sc2cc(C=Cc3c(F)c(F)c(F)c(F)c3F)sc25)c(F)c1F. The summed E-state index contributed by atoms with van der Waals surface area (Å²) in [4.78, 5) is 1.07. The third-order valence-corrected chi connectivity index (χ3v) is 11.5. The average molecular weight is 687 g/mol. The molecule has 44 heavy (non-hydrogen) atoms. The normalized spacial score (nSPS) is 12.6. The van der Waals surface area contributed by atoms with E-state index < -0.39 is 69.3 Å². The van der Waals surface area contributed by atoms with Gasteiger partial charge in [0.05, 0.1) is 20.5 Å². The molecule has 0 nitrogen and oxygen atoms in total. The monoisotopic (exact) mass is 686 g/mol. The first-order valence-corrected chi connectivity index (χ1v) is 15.4. The molecule has 0 fully saturated rings. The molecule has 0 atom stereocenters. The van der Waals surface area contributed by atoms with Crippen molar-refractivity contribution in [2.24, 2.45) is 0 Å². The molecule has 0 saturated heterocycles. The molecule has 0 aliphatic carbocycles. The van der Waals surface area contributed by atoms with Crippen molar-refractivity contribution in [3.63, 3.8) is 0 Å². The maximum atomic E-state index is 14.0. The number of benzene rings is 3. The predicted octanol–water partition coefficient (Wildman–Crippen LogP) is 12.3. The van der Waals surface area contributed by atoms with Gasteiger partial charge in [0, 0.05) is 39.3 Å². The van der Waals surface area contributed by atoms with Crippen LogP contribution in [0.15, 0.2) is 24.3 Å². The first-order valence-electron chi connectivity index (χ1n) is 12.2. The summed E-state index contributed by atoms with van der Waals surface area (Å²) in [5.41, 5.74) is -2.07. The maximum Gasteiger partial charge on any atom is 0.200 e. The van der Waals surface area contributed by atoms with E-state index in [1.54, 1.807) is 12.1 Å². The van der Waals surface area contributed by atoms with Crippen LogP contribution in [0.1, 0.15) is 20.9 Å². The predicted molar refractivity (Wildman–Crippen MR) is 158 cm³/mol. The van der Waals surface area contributed by atoms with Crippen molar-refractivity contribution in [3.05, 3.63) is 103 Å². The molecule has 0 amide bonds. The Kier molecular flexibility index (Phi) is 6.88. The summed E-state index contributed by atoms with van der Waals surface area (Å²) < 4.78 is 142. The van der Waals surface area contributed by atoms with Crippen LogP contribution < -0.4 is 0 Å². The Balaban J connectivity index is 1.23. The molecular formula is C30H8F10S4. The fraction of sp³-hybridized carbons (Fsp3) is 0. The number of hydrogen-bond donors (Lipinski definition) is 0. The summed E-state index contributed by atoms with van der Waals surface area (Å²) in [5.74, 6) is -20.2. The average Bonchev–Trinajstić information content (AvgIpc) is 3.75. The highest BCUT2D eigenvalue weighted by Gasteiger charge is 2.25. The van der Waals surface area contributed by atoms with Crippen molar-refractivity contribution >= 4 is 109 Å². The molecule has 4 heterocycles. The van der Waals surface area contributed by atoms with Crippen molar-refractivity contribution in [2.75, 3.05) is 0 Å². The topological polar surface area (TPSA) is 0 Å². The molecule has 7 rings (SSSR count). The van der Waals surface area contributed by atoms with Gasteiger partial charge in [-0.15, -0.1) is 45.3 Å². The molecule has 0 aliphatic rings. The van der Waals surface area contributed by atoms with E-state index in [-0.39, 0.29) is 0 Å². The van der Waals surface area contributed by atoms with Crippen LogP contribution in [0.25, 0.3) is 63.3 Å². The van der Waals surface area contributed by atoms with Gasteiger partial charge in [0.2, 0.25) is 11.6 Å². The maximum absolute atomic E-state index is 14.0. The summed E-state index contributed by atoms with van der Waals surface area (Å²) in [6.07, 6.45) is 4.25. The molecule has 0 unspecified atom stereocenters. The highest BCUT2D eigenvalue weighted by atomic mass is 32.1. The highest BCUT2D eigenvalue weighted by molar-refractivity contribution is 7.34. The van der Waals surface area contributed by atoms with E-state index in [9.17, 15) is 43.9 Å². The molecule has 0 bridgehead atoms. The Morgan fingerprint density at radius 3 is 1.00 bits per heavy atom. The summed E-state index contributed by atoms with van der Waals surface area (Å²) in [7, 11) is 0. The second kappa shape index (κ2) is 10.4. The van der Waals surface area contributed by atoms with E-state index in [1.807, 2.05) is 12.1 Å². The van der Waals surface area contributed by atoms with Gasteiger partial charge < -0.3 is 0 Å². The van der Waals surface area contributed by atoms with Crippen LogP contribution in [0.4, 0.5) is 43.9 Å². The van der Waals surface area contributed by atoms with E-state index in [2.05, 4.69) is 0 Å². The van der Waals surface area contributed by atoms with E-state index in [1.165, 1.54) is 57.5 Å². The molecule has 0 N–H and O–H groups in total. The Hall–Kier alpha value is -3.72. The molecule has 4 aromatic heterocycles. The second-order valence-electron chi connectivity index (χ2n) is 9.37. The quantitative estimate of drug-likeness (QED) is 0.0982. The van der Waals surface area contributed by atoms with Gasteiger partial charge >= 0.3 is 0 Å². The second-order valence-corrected chi connectivity index (χ2v) is 13.7. The Bertz CT molecular complexity index is 2180. The molecular weight excluding hydrogens is 679 g/mol. The van der Waals surface area contributed by atoms with Crippen LogP contribution in [-0.2, 0) is 0 Å². The van der Waals surface area contributed by atoms with Crippen LogP contribution in [0.5, 0.6) is 0 Å². The molecule has 14 heteroatoms. The number of halogens is 10. The summed E-state index contributed by atoms with van der Waals surface area (Å²) in [6.45, 7) is 0. The molecule has 0 aliphatic heterocycles. The van der Waals surface area contributed by atoms with Gasteiger partial charge in [-0.1, -0.05) is 0 Å². The van der Waals surface area contributed by atoms with Gasteiger partial charge in [-0.05, 0) is 48.6 Å². The zero-order valence-electron chi connectivity index (χ0n) is 21.0.